The standard InChI is InChI=1S/C11H13N3/c1-8-6-7-13-14-11(8)9-2-4-10(12)5-3-9/h2-5,7-8H,6,12H2,1H3/t8-/m1/s1. The molecule has 0 unspecified atom stereocenters. The van der Waals surface area contributed by atoms with Crippen LogP contribution < -0.4 is 5.73 Å². The molecular formula is C11H13N3. The number of benzene rings is 1. The molecule has 1 aromatic rings. The Hall–Kier alpha value is -1.64. The molecule has 1 aromatic carbocycles. The minimum absolute atomic E-state index is 0.441. The monoisotopic (exact) mass is 187 g/mol. The maximum Gasteiger partial charge on any atom is 0.0734 e. The van der Waals surface area contributed by atoms with E-state index in [1.165, 1.54) is 0 Å². The van der Waals surface area contributed by atoms with E-state index >= 15 is 0 Å². The summed E-state index contributed by atoms with van der Waals surface area (Å²) in [5, 5.41) is 8.10. The van der Waals surface area contributed by atoms with Gasteiger partial charge in [0.25, 0.3) is 0 Å². The van der Waals surface area contributed by atoms with Crippen LogP contribution in [0.5, 0.6) is 0 Å². The van der Waals surface area contributed by atoms with Gasteiger partial charge >= 0.3 is 0 Å². The summed E-state index contributed by atoms with van der Waals surface area (Å²) in [6.45, 7) is 2.15. The van der Waals surface area contributed by atoms with Gasteiger partial charge in [-0.15, -0.1) is 0 Å². The number of hydrogen-bond donors (Lipinski definition) is 1. The zero-order valence-electron chi connectivity index (χ0n) is 8.14. The van der Waals surface area contributed by atoms with Gasteiger partial charge in [0.2, 0.25) is 0 Å². The van der Waals surface area contributed by atoms with Crippen LogP contribution >= 0.6 is 0 Å². The SMILES string of the molecule is C[C@@H]1CC=NN=C1c1ccc(N)cc1. The van der Waals surface area contributed by atoms with E-state index in [0.717, 1.165) is 23.4 Å². The number of nitrogens with two attached hydrogens (primary N) is 1. The lowest BCUT2D eigenvalue weighted by Crippen LogP contribution is -2.15. The molecule has 0 amide bonds. The summed E-state index contributed by atoms with van der Waals surface area (Å²) in [6, 6.07) is 7.77. The van der Waals surface area contributed by atoms with Gasteiger partial charge in [0.05, 0.1) is 5.71 Å². The maximum atomic E-state index is 5.62. The smallest absolute Gasteiger partial charge is 0.0734 e. The van der Waals surface area contributed by atoms with E-state index in [9.17, 15) is 0 Å². The molecule has 0 aromatic heterocycles. The molecule has 0 saturated heterocycles. The number of anilines is 1. The second-order valence-corrected chi connectivity index (χ2v) is 3.54. The number of rotatable bonds is 1. The molecule has 0 aliphatic carbocycles. The van der Waals surface area contributed by atoms with Crippen LogP contribution in [-0.2, 0) is 0 Å². The second kappa shape index (κ2) is 3.62. The molecule has 0 bridgehead atoms. The third-order valence-corrected chi connectivity index (χ3v) is 2.38. The highest BCUT2D eigenvalue weighted by Gasteiger charge is 2.14. The average Bonchev–Trinajstić information content (AvgIpc) is 2.20. The lowest BCUT2D eigenvalue weighted by atomic mass is 9.95. The van der Waals surface area contributed by atoms with Crippen molar-refractivity contribution in [2.24, 2.45) is 16.1 Å². The number of nitrogen functional groups attached to an aromatic ring is 1. The van der Waals surface area contributed by atoms with E-state index in [1.807, 2.05) is 30.5 Å². The first-order chi connectivity index (χ1) is 6.77. The predicted molar refractivity (Wildman–Crippen MR) is 59.7 cm³/mol. The number of nitrogens with zero attached hydrogens (tertiary/aromatic N) is 2. The molecule has 2 rings (SSSR count). The lowest BCUT2D eigenvalue weighted by molar-refractivity contribution is 0.801. The second-order valence-electron chi connectivity index (χ2n) is 3.54. The third kappa shape index (κ3) is 1.66. The normalized spacial score (nSPS) is 20.6. The van der Waals surface area contributed by atoms with E-state index < -0.39 is 0 Å². The molecule has 2 N–H and O–H groups in total. The molecular weight excluding hydrogens is 174 g/mol. The molecule has 1 heterocycles. The van der Waals surface area contributed by atoms with Gasteiger partial charge in [0.1, 0.15) is 0 Å². The molecule has 0 radical (unpaired) electrons. The van der Waals surface area contributed by atoms with E-state index in [1.54, 1.807) is 0 Å². The van der Waals surface area contributed by atoms with Crippen molar-refractivity contribution in [1.82, 2.24) is 0 Å². The quantitative estimate of drug-likeness (QED) is 0.672. The Morgan fingerprint density at radius 1 is 1.29 bits per heavy atom. The van der Waals surface area contributed by atoms with Gasteiger partial charge in [-0.05, 0) is 24.1 Å². The van der Waals surface area contributed by atoms with E-state index in [4.69, 9.17) is 5.73 Å². The van der Waals surface area contributed by atoms with Crippen LogP contribution in [0.1, 0.15) is 18.9 Å². The first-order valence-electron chi connectivity index (χ1n) is 4.72. The molecule has 1 aliphatic rings. The fraction of sp³-hybridized carbons (Fsp3) is 0.273. The average molecular weight is 187 g/mol. The van der Waals surface area contributed by atoms with Crippen molar-refractivity contribution in [2.45, 2.75) is 13.3 Å². The Labute approximate surface area is 83.4 Å². The summed E-state index contributed by atoms with van der Waals surface area (Å²) in [5.41, 5.74) is 8.56. The largest absolute Gasteiger partial charge is 0.399 e. The van der Waals surface area contributed by atoms with E-state index in [2.05, 4.69) is 17.1 Å². The first-order valence-corrected chi connectivity index (χ1v) is 4.72. The van der Waals surface area contributed by atoms with Crippen LogP contribution in [0, 0.1) is 5.92 Å². The Morgan fingerprint density at radius 2 is 2.00 bits per heavy atom. The molecule has 3 nitrogen and oxygen atoms in total. The Morgan fingerprint density at radius 3 is 2.64 bits per heavy atom. The highest BCUT2D eigenvalue weighted by Crippen LogP contribution is 2.16. The van der Waals surface area contributed by atoms with E-state index in [-0.39, 0.29) is 0 Å². The molecule has 0 saturated carbocycles. The van der Waals surface area contributed by atoms with Crippen molar-refractivity contribution in [2.75, 3.05) is 5.73 Å². The summed E-state index contributed by atoms with van der Waals surface area (Å²) >= 11 is 0. The van der Waals surface area contributed by atoms with Crippen LogP contribution in [0.15, 0.2) is 34.5 Å². The van der Waals surface area contributed by atoms with Crippen molar-refractivity contribution in [1.29, 1.82) is 0 Å². The van der Waals surface area contributed by atoms with Crippen LogP contribution in [0.4, 0.5) is 5.69 Å². The third-order valence-electron chi connectivity index (χ3n) is 2.38. The van der Waals surface area contributed by atoms with E-state index in [0.29, 0.717) is 5.92 Å². The Balaban J connectivity index is 2.34. The molecule has 0 spiro atoms. The summed E-state index contributed by atoms with van der Waals surface area (Å²) in [7, 11) is 0. The summed E-state index contributed by atoms with van der Waals surface area (Å²) in [4.78, 5) is 0. The number of hydrogen-bond acceptors (Lipinski definition) is 3. The van der Waals surface area contributed by atoms with Crippen molar-refractivity contribution < 1.29 is 0 Å². The first kappa shape index (κ1) is 8.94. The molecule has 14 heavy (non-hydrogen) atoms. The zero-order chi connectivity index (χ0) is 9.97. The van der Waals surface area contributed by atoms with Gasteiger partial charge in [-0.2, -0.15) is 10.2 Å². The van der Waals surface area contributed by atoms with Gasteiger partial charge in [-0.1, -0.05) is 19.1 Å². The summed E-state index contributed by atoms with van der Waals surface area (Å²) < 4.78 is 0. The highest BCUT2D eigenvalue weighted by atomic mass is 15.2. The van der Waals surface area contributed by atoms with Gasteiger partial charge < -0.3 is 5.73 Å². The van der Waals surface area contributed by atoms with Crippen molar-refractivity contribution >= 4 is 17.6 Å². The van der Waals surface area contributed by atoms with Crippen LogP contribution in [0.25, 0.3) is 0 Å². The topological polar surface area (TPSA) is 50.7 Å². The maximum absolute atomic E-state index is 5.62. The molecule has 1 aliphatic heterocycles. The fourth-order valence-electron chi connectivity index (χ4n) is 1.51. The molecule has 3 heteroatoms. The zero-order valence-corrected chi connectivity index (χ0v) is 8.14. The van der Waals surface area contributed by atoms with Gasteiger partial charge in [-0.3, -0.25) is 0 Å². The van der Waals surface area contributed by atoms with Crippen molar-refractivity contribution in [3.63, 3.8) is 0 Å². The Bertz CT molecular complexity index is 376. The Kier molecular flexibility index (Phi) is 2.31. The highest BCUT2D eigenvalue weighted by molar-refractivity contribution is 6.04. The van der Waals surface area contributed by atoms with Crippen molar-refractivity contribution in [3.8, 4) is 0 Å². The van der Waals surface area contributed by atoms with Crippen LogP contribution in [0.2, 0.25) is 0 Å². The van der Waals surface area contributed by atoms with Gasteiger partial charge in [0.15, 0.2) is 0 Å². The van der Waals surface area contributed by atoms with Crippen molar-refractivity contribution in [3.05, 3.63) is 29.8 Å². The summed E-state index contributed by atoms with van der Waals surface area (Å²) in [5.74, 6) is 0.441. The fourth-order valence-corrected chi connectivity index (χ4v) is 1.51. The lowest BCUT2D eigenvalue weighted by Gasteiger charge is -2.14. The minimum atomic E-state index is 0.441. The molecule has 72 valence electrons. The van der Waals surface area contributed by atoms with Crippen LogP contribution in [-0.4, -0.2) is 11.9 Å². The predicted octanol–water partition coefficient (Wildman–Crippen LogP) is 2.08. The minimum Gasteiger partial charge on any atom is -0.399 e. The summed E-state index contributed by atoms with van der Waals surface area (Å²) in [6.07, 6.45) is 2.81. The molecule has 0 fully saturated rings. The van der Waals surface area contributed by atoms with Gasteiger partial charge in [-0.25, -0.2) is 0 Å². The van der Waals surface area contributed by atoms with Gasteiger partial charge in [0, 0.05) is 17.8 Å². The van der Waals surface area contributed by atoms with Crippen LogP contribution in [0.3, 0.4) is 0 Å². The molecule has 1 atom stereocenters.